The van der Waals surface area contributed by atoms with Gasteiger partial charge in [-0.05, 0) is 29.8 Å². The van der Waals surface area contributed by atoms with Crippen LogP contribution in [0.3, 0.4) is 0 Å². The molecule has 0 aliphatic carbocycles. The van der Waals surface area contributed by atoms with Gasteiger partial charge in [-0.25, -0.2) is 4.68 Å². The van der Waals surface area contributed by atoms with Gasteiger partial charge in [0.15, 0.2) is 0 Å². The van der Waals surface area contributed by atoms with E-state index in [0.29, 0.717) is 0 Å². The van der Waals surface area contributed by atoms with Crippen molar-refractivity contribution in [3.05, 3.63) is 83.3 Å². The number of rotatable bonds is 1. The Balaban J connectivity index is 1.94. The van der Waals surface area contributed by atoms with Gasteiger partial charge in [0, 0.05) is 28.9 Å². The van der Waals surface area contributed by atoms with Gasteiger partial charge in [-0.2, -0.15) is 5.10 Å². The number of anilines is 1. The summed E-state index contributed by atoms with van der Waals surface area (Å²) in [5, 5.41) is 9.95. The third-order valence-electron chi connectivity index (χ3n) is 4.29. The molecule has 5 nitrogen and oxygen atoms in total. The Kier molecular flexibility index (Phi) is 3.03. The second kappa shape index (κ2) is 5.49. The molecule has 1 N–H and O–H groups in total. The Labute approximate surface area is 143 Å². The normalized spacial score (nSPS) is 16.3. The Morgan fingerprint density at radius 3 is 2.88 bits per heavy atom. The quantitative estimate of drug-likeness (QED) is 0.745. The molecule has 3 aromatic rings. The molecule has 0 atom stereocenters. The zero-order valence-electron chi connectivity index (χ0n) is 13.3. The zero-order valence-corrected chi connectivity index (χ0v) is 13.3. The van der Waals surface area contributed by atoms with Crippen molar-refractivity contribution < 1.29 is 4.74 Å². The average Bonchev–Trinajstić information content (AvgIpc) is 3.08. The number of ether oxygens (including phenoxy) is 1. The Bertz CT molecular complexity index is 1140. The number of allylic oxidation sites excluding steroid dienone is 1. The number of pyridine rings is 1. The highest BCUT2D eigenvalue weighted by Gasteiger charge is 2.17. The van der Waals surface area contributed by atoms with Crippen LogP contribution in [0.2, 0.25) is 0 Å². The number of fused-ring (bicyclic) bond motifs is 2. The van der Waals surface area contributed by atoms with Crippen LogP contribution in [0.15, 0.2) is 67.2 Å². The van der Waals surface area contributed by atoms with Crippen LogP contribution in [-0.4, -0.2) is 14.8 Å². The predicted octanol–water partition coefficient (Wildman–Crippen LogP) is 2.28. The van der Waals surface area contributed by atoms with Gasteiger partial charge in [0.2, 0.25) is 0 Å². The molecule has 25 heavy (non-hydrogen) atoms. The summed E-state index contributed by atoms with van der Waals surface area (Å²) in [5.41, 5.74) is 4.95. The van der Waals surface area contributed by atoms with Crippen LogP contribution in [0, 0.1) is 0 Å². The fourth-order valence-electron chi connectivity index (χ4n) is 3.18. The minimum Gasteiger partial charge on any atom is -0.469 e. The summed E-state index contributed by atoms with van der Waals surface area (Å²) in [5.74, 6) is 0. The Morgan fingerprint density at radius 2 is 1.96 bits per heavy atom. The van der Waals surface area contributed by atoms with Crippen molar-refractivity contribution in [2.75, 3.05) is 5.32 Å². The van der Waals surface area contributed by atoms with Gasteiger partial charge in [-0.3, -0.25) is 4.98 Å². The van der Waals surface area contributed by atoms with Gasteiger partial charge >= 0.3 is 0 Å². The van der Waals surface area contributed by atoms with Gasteiger partial charge in [0.25, 0.3) is 0 Å². The molecule has 5 heteroatoms. The van der Waals surface area contributed by atoms with Crippen molar-refractivity contribution >= 4 is 23.7 Å². The zero-order chi connectivity index (χ0) is 16.6. The summed E-state index contributed by atoms with van der Waals surface area (Å²) in [6.45, 7) is 0. The third kappa shape index (κ3) is 2.17. The van der Waals surface area contributed by atoms with E-state index in [1.807, 2.05) is 47.4 Å². The van der Waals surface area contributed by atoms with Gasteiger partial charge in [0.05, 0.1) is 11.9 Å². The Morgan fingerprint density at radius 1 is 1.04 bits per heavy atom. The number of nitrogens with zero attached hydrogens (tertiary/aromatic N) is 3. The highest BCUT2D eigenvalue weighted by atomic mass is 16.5. The summed E-state index contributed by atoms with van der Waals surface area (Å²) in [7, 11) is 0. The van der Waals surface area contributed by atoms with Crippen LogP contribution in [-0.2, 0) is 4.74 Å². The van der Waals surface area contributed by atoms with E-state index in [1.165, 1.54) is 0 Å². The van der Waals surface area contributed by atoms with E-state index in [4.69, 9.17) is 9.84 Å². The monoisotopic (exact) mass is 326 g/mol. The Hall–Kier alpha value is -3.60. The van der Waals surface area contributed by atoms with E-state index in [-0.39, 0.29) is 0 Å². The number of para-hydroxylation sites is 1. The predicted molar refractivity (Wildman–Crippen MR) is 97.3 cm³/mol. The molecule has 120 valence electrons. The minimum atomic E-state index is 0.832. The average molecular weight is 326 g/mol. The minimum absolute atomic E-state index is 0.832. The maximum atomic E-state index is 5.42. The standard InChI is InChI=1S/C20H14N4O/c1-2-6-16-14(5-1)15(8-10-22-16)19-18-13-25-12-11-24(18)23-20(19)17-7-3-4-9-21-17/h1-13,22H. The largest absolute Gasteiger partial charge is 0.469 e. The van der Waals surface area contributed by atoms with Crippen molar-refractivity contribution in [3.8, 4) is 11.4 Å². The first-order valence-corrected chi connectivity index (χ1v) is 8.01. The molecule has 0 saturated carbocycles. The first-order valence-electron chi connectivity index (χ1n) is 8.01. The van der Waals surface area contributed by atoms with Crippen molar-refractivity contribution in [2.24, 2.45) is 0 Å². The van der Waals surface area contributed by atoms with Crippen LogP contribution < -0.4 is 15.9 Å². The molecule has 1 aromatic carbocycles. The lowest BCUT2D eigenvalue weighted by atomic mass is 9.98. The summed E-state index contributed by atoms with van der Waals surface area (Å²) in [4.78, 5) is 4.50. The molecule has 0 spiro atoms. The van der Waals surface area contributed by atoms with Crippen LogP contribution in [0.25, 0.3) is 29.4 Å². The molecular weight excluding hydrogens is 312 g/mol. The lowest BCUT2D eigenvalue weighted by Crippen LogP contribution is -2.32. The molecule has 2 aromatic heterocycles. The lowest BCUT2D eigenvalue weighted by Gasteiger charge is -2.15. The molecule has 0 saturated heterocycles. The smallest absolute Gasteiger partial charge is 0.120 e. The second-order valence-electron chi connectivity index (χ2n) is 5.74. The molecule has 2 aliphatic rings. The molecule has 0 bridgehead atoms. The lowest BCUT2D eigenvalue weighted by molar-refractivity contribution is 0.450. The molecule has 5 rings (SSSR count). The second-order valence-corrected chi connectivity index (χ2v) is 5.74. The maximum Gasteiger partial charge on any atom is 0.120 e. The van der Waals surface area contributed by atoms with Crippen molar-refractivity contribution in [3.63, 3.8) is 0 Å². The molecule has 2 aliphatic heterocycles. The van der Waals surface area contributed by atoms with E-state index in [9.17, 15) is 0 Å². The number of benzene rings is 1. The van der Waals surface area contributed by atoms with Crippen LogP contribution in [0.4, 0.5) is 5.69 Å². The van der Waals surface area contributed by atoms with E-state index in [0.717, 1.165) is 38.8 Å². The SMILES string of the molecule is C1=CC(=c2c(-c3ccccn3)nn3c2=COC=C3)c2ccccc2N1. The highest BCUT2D eigenvalue weighted by molar-refractivity contribution is 5.87. The van der Waals surface area contributed by atoms with Crippen molar-refractivity contribution in [1.29, 1.82) is 0 Å². The van der Waals surface area contributed by atoms with E-state index >= 15 is 0 Å². The molecule has 0 amide bonds. The van der Waals surface area contributed by atoms with E-state index in [2.05, 4.69) is 28.5 Å². The van der Waals surface area contributed by atoms with E-state index in [1.54, 1.807) is 18.7 Å². The van der Waals surface area contributed by atoms with E-state index < -0.39 is 0 Å². The van der Waals surface area contributed by atoms with Gasteiger partial charge in [0.1, 0.15) is 23.6 Å². The molecule has 4 heterocycles. The molecular formula is C20H14N4O. The first-order chi connectivity index (χ1) is 12.4. The third-order valence-corrected chi connectivity index (χ3v) is 4.29. The summed E-state index contributed by atoms with van der Waals surface area (Å²) < 4.78 is 7.25. The summed E-state index contributed by atoms with van der Waals surface area (Å²) in [6, 6.07) is 14.1. The van der Waals surface area contributed by atoms with Crippen LogP contribution in [0.5, 0.6) is 0 Å². The van der Waals surface area contributed by atoms with Crippen molar-refractivity contribution in [2.45, 2.75) is 0 Å². The molecule has 0 unspecified atom stereocenters. The topological polar surface area (TPSA) is 52.0 Å². The molecule has 0 fully saturated rings. The van der Waals surface area contributed by atoms with Crippen LogP contribution in [0.1, 0.15) is 5.56 Å². The first kappa shape index (κ1) is 13.8. The highest BCUT2D eigenvalue weighted by Crippen LogP contribution is 2.27. The number of nitrogens with one attached hydrogen (secondary N) is 1. The molecule has 0 radical (unpaired) electrons. The number of aromatic nitrogens is 3. The summed E-state index contributed by atoms with van der Waals surface area (Å²) >= 11 is 0. The number of hydrogen-bond donors (Lipinski definition) is 1. The van der Waals surface area contributed by atoms with Gasteiger partial charge in [-0.15, -0.1) is 0 Å². The van der Waals surface area contributed by atoms with Crippen LogP contribution >= 0.6 is 0 Å². The van der Waals surface area contributed by atoms with Gasteiger partial charge < -0.3 is 10.1 Å². The van der Waals surface area contributed by atoms with Gasteiger partial charge in [-0.1, -0.05) is 24.3 Å². The fraction of sp³-hybridized carbons (Fsp3) is 0. The summed E-state index contributed by atoms with van der Waals surface area (Å²) in [6.07, 6.45) is 10.9. The number of hydrogen-bond acceptors (Lipinski definition) is 4. The fourth-order valence-corrected chi connectivity index (χ4v) is 3.18. The van der Waals surface area contributed by atoms with Crippen molar-refractivity contribution in [1.82, 2.24) is 14.8 Å². The maximum absolute atomic E-state index is 5.42.